The van der Waals surface area contributed by atoms with E-state index >= 15 is 0 Å². The summed E-state index contributed by atoms with van der Waals surface area (Å²) in [4.78, 5) is 0.409. The molecule has 3 rings (SSSR count). The molecule has 1 fully saturated rings. The summed E-state index contributed by atoms with van der Waals surface area (Å²) in [6, 6.07) is 13.1. The number of benzene rings is 2. The fourth-order valence-electron chi connectivity index (χ4n) is 2.67. The number of hydrogen-bond donors (Lipinski definition) is 0. The van der Waals surface area contributed by atoms with Gasteiger partial charge in [0.1, 0.15) is 0 Å². The minimum Gasteiger partial charge on any atom is -0.207 e. The molecule has 0 radical (unpaired) electrons. The summed E-state index contributed by atoms with van der Waals surface area (Å²) < 4.78 is 27.0. The molecule has 0 saturated heterocycles. The minimum atomic E-state index is -3.41. The maximum atomic E-state index is 12.7. The molecule has 2 aromatic rings. The normalized spacial score (nSPS) is 22.4. The lowest BCUT2D eigenvalue weighted by Crippen LogP contribution is -2.29. The monoisotopic (exact) mass is 289 g/mol. The molecule has 1 aliphatic carbocycles. The van der Waals surface area contributed by atoms with Crippen molar-refractivity contribution in [2.75, 3.05) is 13.6 Å². The fraction of sp³-hybridized carbons (Fsp3) is 0.375. The van der Waals surface area contributed by atoms with Crippen molar-refractivity contribution in [2.24, 2.45) is 11.8 Å². The van der Waals surface area contributed by atoms with E-state index in [0.29, 0.717) is 23.3 Å². The second kappa shape index (κ2) is 4.86. The summed E-state index contributed by atoms with van der Waals surface area (Å²) in [5, 5.41) is 1.76. The van der Waals surface area contributed by atoms with Gasteiger partial charge in [-0.1, -0.05) is 43.3 Å². The van der Waals surface area contributed by atoms with E-state index in [1.807, 2.05) is 36.4 Å². The van der Waals surface area contributed by atoms with Crippen molar-refractivity contribution in [2.45, 2.75) is 18.2 Å². The Bertz CT molecular complexity index is 734. The van der Waals surface area contributed by atoms with Gasteiger partial charge in [0.05, 0.1) is 4.90 Å². The summed E-state index contributed by atoms with van der Waals surface area (Å²) in [7, 11) is -1.73. The van der Waals surface area contributed by atoms with Gasteiger partial charge >= 0.3 is 0 Å². The molecule has 0 aromatic heterocycles. The highest BCUT2D eigenvalue weighted by molar-refractivity contribution is 7.89. The second-order valence-corrected chi connectivity index (χ2v) is 7.75. The molecule has 0 bridgehead atoms. The van der Waals surface area contributed by atoms with Crippen LogP contribution in [0.3, 0.4) is 0 Å². The first kappa shape index (κ1) is 13.6. The average molecular weight is 289 g/mol. The number of nitrogens with zero attached hydrogens (tertiary/aromatic N) is 1. The summed E-state index contributed by atoms with van der Waals surface area (Å²) >= 11 is 0. The molecule has 1 aliphatic rings. The Labute approximate surface area is 120 Å². The Morgan fingerprint density at radius 2 is 1.80 bits per heavy atom. The Kier molecular flexibility index (Phi) is 3.30. The standard InChI is InChI=1S/C16H19NO2S/c1-12-10-14(12)11-17(2)20(18,19)16-9-5-7-13-6-3-4-8-15(13)16/h3-9,12,14H,10-11H2,1-2H3. The van der Waals surface area contributed by atoms with Gasteiger partial charge in [0.2, 0.25) is 10.0 Å². The molecule has 0 spiro atoms. The quantitative estimate of drug-likeness (QED) is 0.867. The first-order valence-electron chi connectivity index (χ1n) is 6.94. The van der Waals surface area contributed by atoms with Crippen LogP contribution in [0.5, 0.6) is 0 Å². The van der Waals surface area contributed by atoms with Crippen molar-refractivity contribution >= 4 is 20.8 Å². The lowest BCUT2D eigenvalue weighted by molar-refractivity contribution is 0.445. The molecule has 0 heterocycles. The van der Waals surface area contributed by atoms with Crippen LogP contribution in [0.25, 0.3) is 10.8 Å². The van der Waals surface area contributed by atoms with Crippen molar-refractivity contribution in [3.05, 3.63) is 42.5 Å². The molecule has 0 N–H and O–H groups in total. The van der Waals surface area contributed by atoms with Gasteiger partial charge in [0.15, 0.2) is 0 Å². The van der Waals surface area contributed by atoms with E-state index in [1.54, 1.807) is 13.1 Å². The Morgan fingerprint density at radius 3 is 2.50 bits per heavy atom. The number of sulfonamides is 1. The molecule has 2 aromatic carbocycles. The van der Waals surface area contributed by atoms with Crippen molar-refractivity contribution in [3.8, 4) is 0 Å². The summed E-state index contributed by atoms with van der Waals surface area (Å²) in [5.74, 6) is 1.17. The van der Waals surface area contributed by atoms with Gasteiger partial charge in [-0.25, -0.2) is 12.7 Å². The third-order valence-corrected chi connectivity index (χ3v) is 6.09. The van der Waals surface area contributed by atoms with Gasteiger partial charge < -0.3 is 0 Å². The zero-order valence-corrected chi connectivity index (χ0v) is 12.6. The van der Waals surface area contributed by atoms with Crippen LogP contribution in [0, 0.1) is 11.8 Å². The number of fused-ring (bicyclic) bond motifs is 1. The van der Waals surface area contributed by atoms with Crippen LogP contribution in [0.4, 0.5) is 0 Å². The van der Waals surface area contributed by atoms with Crippen LogP contribution in [-0.4, -0.2) is 26.3 Å². The summed E-state index contributed by atoms with van der Waals surface area (Å²) in [6.45, 7) is 2.79. The van der Waals surface area contributed by atoms with E-state index < -0.39 is 10.0 Å². The highest BCUT2D eigenvalue weighted by atomic mass is 32.2. The van der Waals surface area contributed by atoms with Crippen LogP contribution in [0.15, 0.2) is 47.4 Å². The third-order valence-electron chi connectivity index (χ3n) is 4.21. The van der Waals surface area contributed by atoms with E-state index in [9.17, 15) is 8.42 Å². The molecule has 1 saturated carbocycles. The van der Waals surface area contributed by atoms with Gasteiger partial charge in [0, 0.05) is 19.0 Å². The fourth-order valence-corrected chi connectivity index (χ4v) is 4.11. The summed E-state index contributed by atoms with van der Waals surface area (Å²) in [5.41, 5.74) is 0. The lowest BCUT2D eigenvalue weighted by atomic mass is 10.1. The smallest absolute Gasteiger partial charge is 0.207 e. The van der Waals surface area contributed by atoms with Crippen LogP contribution in [0.2, 0.25) is 0 Å². The third kappa shape index (κ3) is 2.34. The maximum absolute atomic E-state index is 12.7. The van der Waals surface area contributed by atoms with Crippen LogP contribution in [-0.2, 0) is 10.0 Å². The van der Waals surface area contributed by atoms with Gasteiger partial charge in [0.25, 0.3) is 0 Å². The molecule has 106 valence electrons. The first-order chi connectivity index (χ1) is 9.50. The van der Waals surface area contributed by atoms with E-state index in [2.05, 4.69) is 6.92 Å². The molecule has 3 nitrogen and oxygen atoms in total. The minimum absolute atomic E-state index is 0.409. The Balaban J connectivity index is 2.00. The molecular formula is C16H19NO2S. The molecule has 2 atom stereocenters. The van der Waals surface area contributed by atoms with Gasteiger partial charge in [-0.15, -0.1) is 0 Å². The van der Waals surface area contributed by atoms with E-state index in [0.717, 1.165) is 17.2 Å². The van der Waals surface area contributed by atoms with E-state index in [-0.39, 0.29) is 0 Å². The Morgan fingerprint density at radius 1 is 1.15 bits per heavy atom. The summed E-state index contributed by atoms with van der Waals surface area (Å²) in [6.07, 6.45) is 1.13. The maximum Gasteiger partial charge on any atom is 0.243 e. The molecule has 20 heavy (non-hydrogen) atoms. The van der Waals surface area contributed by atoms with Crippen molar-refractivity contribution in [1.29, 1.82) is 0 Å². The Hall–Kier alpha value is -1.39. The molecule has 0 amide bonds. The predicted octanol–water partition coefficient (Wildman–Crippen LogP) is 3.12. The molecule has 0 aliphatic heterocycles. The highest BCUT2D eigenvalue weighted by Crippen LogP contribution is 2.39. The van der Waals surface area contributed by atoms with Crippen molar-refractivity contribution < 1.29 is 8.42 Å². The van der Waals surface area contributed by atoms with Crippen molar-refractivity contribution in [3.63, 3.8) is 0 Å². The second-order valence-electron chi connectivity index (χ2n) is 5.74. The van der Waals surface area contributed by atoms with E-state index in [4.69, 9.17) is 0 Å². The number of rotatable bonds is 4. The highest BCUT2D eigenvalue weighted by Gasteiger charge is 2.36. The first-order valence-corrected chi connectivity index (χ1v) is 8.38. The average Bonchev–Trinajstić information content (AvgIpc) is 3.13. The topological polar surface area (TPSA) is 37.4 Å². The molecule has 4 heteroatoms. The van der Waals surface area contributed by atoms with Gasteiger partial charge in [-0.3, -0.25) is 0 Å². The van der Waals surface area contributed by atoms with Crippen LogP contribution in [0.1, 0.15) is 13.3 Å². The van der Waals surface area contributed by atoms with E-state index in [1.165, 1.54) is 4.31 Å². The molecular weight excluding hydrogens is 270 g/mol. The zero-order valence-electron chi connectivity index (χ0n) is 11.8. The molecule has 2 unspecified atom stereocenters. The SMILES string of the molecule is CC1CC1CN(C)S(=O)(=O)c1cccc2ccccc12. The van der Waals surface area contributed by atoms with Gasteiger partial charge in [-0.2, -0.15) is 0 Å². The number of hydrogen-bond acceptors (Lipinski definition) is 2. The largest absolute Gasteiger partial charge is 0.243 e. The van der Waals surface area contributed by atoms with Crippen LogP contribution < -0.4 is 0 Å². The van der Waals surface area contributed by atoms with Crippen molar-refractivity contribution in [1.82, 2.24) is 4.31 Å². The van der Waals surface area contributed by atoms with Crippen LogP contribution >= 0.6 is 0 Å². The van der Waals surface area contributed by atoms with Gasteiger partial charge in [-0.05, 0) is 29.7 Å². The lowest BCUT2D eigenvalue weighted by Gasteiger charge is -2.18. The predicted molar refractivity (Wildman–Crippen MR) is 81.0 cm³/mol. The zero-order chi connectivity index (χ0) is 14.3.